The number of rotatable bonds is 6. The van der Waals surface area contributed by atoms with Crippen molar-refractivity contribution in [2.75, 3.05) is 25.4 Å². The third kappa shape index (κ3) is 5.43. The van der Waals surface area contributed by atoms with Crippen LogP contribution in [0.25, 0.3) is 0 Å². The van der Waals surface area contributed by atoms with E-state index in [2.05, 4.69) is 0 Å². The zero-order chi connectivity index (χ0) is 12.2. The molecule has 1 unspecified atom stereocenters. The van der Waals surface area contributed by atoms with Crippen LogP contribution in [-0.2, 0) is 14.8 Å². The maximum Gasteiger partial charge on any atom is 0.303 e. The van der Waals surface area contributed by atoms with Gasteiger partial charge in [0.1, 0.15) is 0 Å². The van der Waals surface area contributed by atoms with Crippen molar-refractivity contribution in [3.05, 3.63) is 0 Å². The van der Waals surface area contributed by atoms with Gasteiger partial charge in [0.15, 0.2) is 0 Å². The molecule has 1 saturated heterocycles. The lowest BCUT2D eigenvalue weighted by molar-refractivity contribution is -0.137. The molecule has 1 fully saturated rings. The average molecular weight is 250 g/mol. The van der Waals surface area contributed by atoms with Gasteiger partial charge in [-0.25, -0.2) is 13.6 Å². The molecule has 1 aliphatic heterocycles. The van der Waals surface area contributed by atoms with Crippen LogP contribution >= 0.6 is 0 Å². The number of nitrogens with zero attached hydrogens (tertiary/aromatic N) is 1. The highest BCUT2D eigenvalue weighted by molar-refractivity contribution is 7.89. The van der Waals surface area contributed by atoms with Crippen molar-refractivity contribution < 1.29 is 18.3 Å². The number of hydrogen-bond donors (Lipinski definition) is 2. The molecule has 1 heterocycles. The molecule has 0 aromatic carbocycles. The first-order chi connectivity index (χ1) is 7.37. The molecule has 0 aromatic heterocycles. The van der Waals surface area contributed by atoms with E-state index >= 15 is 0 Å². The van der Waals surface area contributed by atoms with E-state index in [9.17, 15) is 13.2 Å². The molecule has 0 bridgehead atoms. The van der Waals surface area contributed by atoms with Crippen molar-refractivity contribution in [3.63, 3.8) is 0 Å². The van der Waals surface area contributed by atoms with E-state index in [-0.39, 0.29) is 12.2 Å². The summed E-state index contributed by atoms with van der Waals surface area (Å²) in [6.07, 6.45) is 1.80. The Hall–Kier alpha value is -0.660. The van der Waals surface area contributed by atoms with Crippen molar-refractivity contribution in [1.29, 1.82) is 0 Å². The molecule has 0 spiro atoms. The molecule has 0 saturated carbocycles. The predicted octanol–water partition coefficient (Wildman–Crippen LogP) is -0.538. The smallest absolute Gasteiger partial charge is 0.303 e. The molecule has 0 amide bonds. The Morgan fingerprint density at radius 3 is 2.75 bits per heavy atom. The van der Waals surface area contributed by atoms with Crippen LogP contribution in [0.5, 0.6) is 0 Å². The van der Waals surface area contributed by atoms with Crippen LogP contribution in [0.1, 0.15) is 19.3 Å². The maximum atomic E-state index is 10.8. The molecule has 1 aliphatic rings. The van der Waals surface area contributed by atoms with Crippen molar-refractivity contribution in [2.24, 2.45) is 11.1 Å². The zero-order valence-corrected chi connectivity index (χ0v) is 9.95. The van der Waals surface area contributed by atoms with Crippen LogP contribution in [0.4, 0.5) is 0 Å². The lowest BCUT2D eigenvalue weighted by Crippen LogP contribution is -2.30. The second-order valence-electron chi connectivity index (χ2n) is 4.25. The highest BCUT2D eigenvalue weighted by atomic mass is 32.2. The van der Waals surface area contributed by atoms with E-state index in [1.807, 2.05) is 4.90 Å². The van der Waals surface area contributed by atoms with Gasteiger partial charge in [0.2, 0.25) is 10.0 Å². The quantitative estimate of drug-likeness (QED) is 0.659. The third-order valence-electron chi connectivity index (χ3n) is 2.83. The van der Waals surface area contributed by atoms with Gasteiger partial charge in [0.05, 0.1) is 5.75 Å². The van der Waals surface area contributed by atoms with Gasteiger partial charge in [0.25, 0.3) is 0 Å². The summed E-state index contributed by atoms with van der Waals surface area (Å²) in [6.45, 7) is 2.06. The number of nitrogens with two attached hydrogens (primary N) is 1. The number of primary sulfonamides is 1. The molecule has 7 heteroatoms. The first kappa shape index (κ1) is 13.4. The Balaban J connectivity index is 2.22. The largest absolute Gasteiger partial charge is 0.481 e. The number of carbonyl (C=O) groups is 1. The van der Waals surface area contributed by atoms with E-state index in [0.717, 1.165) is 19.5 Å². The van der Waals surface area contributed by atoms with Gasteiger partial charge in [0, 0.05) is 19.5 Å². The summed E-state index contributed by atoms with van der Waals surface area (Å²) in [5.74, 6) is -0.432. The molecule has 94 valence electrons. The molecule has 1 atom stereocenters. The number of sulfonamides is 1. The second-order valence-corrected chi connectivity index (χ2v) is 5.99. The van der Waals surface area contributed by atoms with E-state index in [1.165, 1.54) is 0 Å². The zero-order valence-electron chi connectivity index (χ0n) is 9.13. The van der Waals surface area contributed by atoms with Crippen LogP contribution in [0.15, 0.2) is 0 Å². The van der Waals surface area contributed by atoms with Gasteiger partial charge >= 0.3 is 5.97 Å². The minimum Gasteiger partial charge on any atom is -0.481 e. The van der Waals surface area contributed by atoms with Gasteiger partial charge in [-0.05, 0) is 25.3 Å². The highest BCUT2D eigenvalue weighted by Crippen LogP contribution is 2.20. The number of likely N-dealkylation sites (tertiary alicyclic amines) is 1. The Morgan fingerprint density at radius 2 is 2.19 bits per heavy atom. The van der Waals surface area contributed by atoms with E-state index in [1.54, 1.807) is 0 Å². The van der Waals surface area contributed by atoms with E-state index in [0.29, 0.717) is 18.9 Å². The Bertz CT molecular complexity index is 341. The van der Waals surface area contributed by atoms with Crippen LogP contribution in [-0.4, -0.2) is 49.8 Å². The standard InChI is InChI=1S/C9H18N2O4S/c10-16(14,15)6-5-11-4-3-8(7-11)1-2-9(12)13/h8H,1-7H2,(H,12,13)(H2,10,14,15). The summed E-state index contributed by atoms with van der Waals surface area (Å²) >= 11 is 0. The summed E-state index contributed by atoms with van der Waals surface area (Å²) in [5.41, 5.74) is 0. The minimum atomic E-state index is -3.39. The predicted molar refractivity (Wildman–Crippen MR) is 59.4 cm³/mol. The first-order valence-corrected chi connectivity index (χ1v) is 7.03. The van der Waals surface area contributed by atoms with Crippen molar-refractivity contribution in [3.8, 4) is 0 Å². The molecule has 0 aliphatic carbocycles. The SMILES string of the molecule is NS(=O)(=O)CCN1CCC(CCC(=O)O)C1. The Morgan fingerprint density at radius 1 is 1.50 bits per heavy atom. The Labute approximate surface area is 95.5 Å². The number of carboxylic acids is 1. The van der Waals surface area contributed by atoms with Crippen molar-refractivity contribution in [2.45, 2.75) is 19.3 Å². The molecule has 3 N–H and O–H groups in total. The second kappa shape index (κ2) is 5.60. The Kier molecular flexibility index (Phi) is 4.69. The van der Waals surface area contributed by atoms with Gasteiger partial charge in [-0.3, -0.25) is 4.79 Å². The van der Waals surface area contributed by atoms with Crippen LogP contribution in [0.2, 0.25) is 0 Å². The summed E-state index contributed by atoms with van der Waals surface area (Å²) < 4.78 is 21.5. The van der Waals surface area contributed by atoms with Gasteiger partial charge in [-0.2, -0.15) is 0 Å². The van der Waals surface area contributed by atoms with Gasteiger partial charge in [-0.1, -0.05) is 0 Å². The summed E-state index contributed by atoms with van der Waals surface area (Å²) in [7, 11) is -3.39. The van der Waals surface area contributed by atoms with Gasteiger partial charge < -0.3 is 10.0 Å². The lowest BCUT2D eigenvalue weighted by Gasteiger charge is -2.14. The normalized spacial score (nSPS) is 22.4. The van der Waals surface area contributed by atoms with Crippen LogP contribution in [0, 0.1) is 5.92 Å². The number of carboxylic acid groups (broad SMARTS) is 1. The summed E-state index contributed by atoms with van der Waals surface area (Å²) in [6, 6.07) is 0. The maximum absolute atomic E-state index is 10.8. The lowest BCUT2D eigenvalue weighted by atomic mass is 10.0. The third-order valence-corrected chi connectivity index (χ3v) is 3.58. The monoisotopic (exact) mass is 250 g/mol. The fourth-order valence-corrected chi connectivity index (χ4v) is 2.45. The summed E-state index contributed by atoms with van der Waals surface area (Å²) in [5, 5.41) is 13.5. The molecule has 0 aromatic rings. The van der Waals surface area contributed by atoms with Crippen LogP contribution in [0.3, 0.4) is 0 Å². The average Bonchev–Trinajstić information content (AvgIpc) is 2.58. The minimum absolute atomic E-state index is 0.0291. The van der Waals surface area contributed by atoms with Gasteiger partial charge in [-0.15, -0.1) is 0 Å². The molecule has 0 radical (unpaired) electrons. The number of aliphatic carboxylic acids is 1. The topological polar surface area (TPSA) is 101 Å². The van der Waals surface area contributed by atoms with E-state index < -0.39 is 16.0 Å². The molecular weight excluding hydrogens is 232 g/mol. The summed E-state index contributed by atoms with van der Waals surface area (Å²) in [4.78, 5) is 12.4. The molecule has 16 heavy (non-hydrogen) atoms. The highest BCUT2D eigenvalue weighted by Gasteiger charge is 2.23. The van der Waals surface area contributed by atoms with E-state index in [4.69, 9.17) is 10.2 Å². The molecule has 6 nitrogen and oxygen atoms in total. The number of hydrogen-bond acceptors (Lipinski definition) is 4. The molecular formula is C9H18N2O4S. The first-order valence-electron chi connectivity index (χ1n) is 5.31. The molecule has 1 rings (SSSR count). The van der Waals surface area contributed by atoms with Crippen molar-refractivity contribution in [1.82, 2.24) is 4.90 Å². The van der Waals surface area contributed by atoms with Crippen molar-refractivity contribution >= 4 is 16.0 Å². The fraction of sp³-hybridized carbons (Fsp3) is 0.889. The fourth-order valence-electron chi connectivity index (χ4n) is 1.94. The van der Waals surface area contributed by atoms with Crippen LogP contribution < -0.4 is 5.14 Å².